The first kappa shape index (κ1) is 14.1. The molecule has 3 rings (SSSR count). The number of hydrogen-bond acceptors (Lipinski definition) is 2. The number of allylic oxidation sites excluding steroid dienone is 1. The van der Waals surface area contributed by atoms with Gasteiger partial charge in [-0.05, 0) is 49.8 Å². The molecular formula is C17H15FN4. The van der Waals surface area contributed by atoms with Crippen LogP contribution in [0.15, 0.2) is 24.3 Å². The van der Waals surface area contributed by atoms with Gasteiger partial charge in [-0.2, -0.15) is 5.26 Å². The van der Waals surface area contributed by atoms with Crippen molar-refractivity contribution in [3.8, 4) is 6.07 Å². The van der Waals surface area contributed by atoms with Gasteiger partial charge < -0.3 is 9.55 Å². The van der Waals surface area contributed by atoms with Crippen molar-refractivity contribution >= 4 is 22.7 Å². The maximum absolute atomic E-state index is 13.2. The minimum atomic E-state index is -0.334. The molecule has 0 aliphatic heterocycles. The summed E-state index contributed by atoms with van der Waals surface area (Å²) in [7, 11) is 1.98. The zero-order chi connectivity index (χ0) is 15.9. The number of rotatable bonds is 2. The highest BCUT2D eigenvalue weighted by atomic mass is 19.1. The van der Waals surface area contributed by atoms with Crippen LogP contribution in [0.4, 0.5) is 4.39 Å². The van der Waals surface area contributed by atoms with Crippen molar-refractivity contribution in [3.05, 3.63) is 52.9 Å². The van der Waals surface area contributed by atoms with Gasteiger partial charge in [-0.15, -0.1) is 0 Å². The summed E-state index contributed by atoms with van der Waals surface area (Å²) in [6, 6.07) is 8.51. The van der Waals surface area contributed by atoms with Crippen molar-refractivity contribution in [2.24, 2.45) is 7.05 Å². The lowest BCUT2D eigenvalue weighted by Crippen LogP contribution is -1.93. The second-order valence-electron chi connectivity index (χ2n) is 5.30. The van der Waals surface area contributed by atoms with E-state index < -0.39 is 0 Å². The van der Waals surface area contributed by atoms with Crippen molar-refractivity contribution in [3.63, 3.8) is 0 Å². The Morgan fingerprint density at radius 1 is 1.36 bits per heavy atom. The first-order valence-electron chi connectivity index (χ1n) is 6.90. The molecule has 1 aromatic carbocycles. The number of benzene rings is 1. The number of fused-ring (bicyclic) bond motifs is 1. The van der Waals surface area contributed by atoms with Gasteiger partial charge in [0.2, 0.25) is 0 Å². The Balaban J connectivity index is 2.11. The quantitative estimate of drug-likeness (QED) is 0.732. The van der Waals surface area contributed by atoms with Gasteiger partial charge in [0.1, 0.15) is 17.7 Å². The van der Waals surface area contributed by atoms with Crippen LogP contribution in [-0.4, -0.2) is 14.5 Å². The average molecular weight is 294 g/mol. The highest BCUT2D eigenvalue weighted by molar-refractivity contribution is 5.90. The molecule has 0 amide bonds. The molecule has 0 atom stereocenters. The van der Waals surface area contributed by atoms with E-state index in [9.17, 15) is 9.65 Å². The minimum Gasteiger partial charge on any atom is -0.352 e. The second-order valence-corrected chi connectivity index (χ2v) is 5.30. The maximum atomic E-state index is 13.2. The van der Waals surface area contributed by atoms with Crippen molar-refractivity contribution in [2.75, 3.05) is 0 Å². The first-order chi connectivity index (χ1) is 10.5. The average Bonchev–Trinajstić information content (AvgIpc) is 3.01. The van der Waals surface area contributed by atoms with Crippen LogP contribution in [0.5, 0.6) is 0 Å². The van der Waals surface area contributed by atoms with Gasteiger partial charge in [0.25, 0.3) is 0 Å². The number of imidazole rings is 1. The molecule has 0 aliphatic rings. The molecule has 0 radical (unpaired) electrons. The monoisotopic (exact) mass is 294 g/mol. The van der Waals surface area contributed by atoms with Crippen LogP contribution < -0.4 is 0 Å². The van der Waals surface area contributed by atoms with E-state index in [1.807, 2.05) is 27.0 Å². The van der Waals surface area contributed by atoms with Crippen LogP contribution in [0.2, 0.25) is 0 Å². The van der Waals surface area contributed by atoms with Crippen LogP contribution in [0.3, 0.4) is 0 Å². The van der Waals surface area contributed by atoms with E-state index in [0.717, 1.165) is 17.0 Å². The Hall–Kier alpha value is -2.87. The lowest BCUT2D eigenvalue weighted by Gasteiger charge is -1.99. The third-order valence-electron chi connectivity index (χ3n) is 3.93. The zero-order valence-electron chi connectivity index (χ0n) is 12.6. The molecule has 2 aromatic heterocycles. The summed E-state index contributed by atoms with van der Waals surface area (Å²) in [4.78, 5) is 7.36. The normalized spacial score (nSPS) is 11.9. The number of nitrogens with one attached hydrogen (secondary N) is 1. The van der Waals surface area contributed by atoms with Gasteiger partial charge in [0.15, 0.2) is 0 Å². The number of aromatic nitrogens is 3. The SMILES string of the molecule is Cc1cc(/C=C(/C#N)c2nc3ccc(F)cc3[nH]2)c(C)n1C. The van der Waals surface area contributed by atoms with Crippen LogP contribution in [0.25, 0.3) is 22.7 Å². The third-order valence-corrected chi connectivity index (χ3v) is 3.93. The summed E-state index contributed by atoms with van der Waals surface area (Å²) in [6.45, 7) is 4.02. The Morgan fingerprint density at radius 2 is 2.14 bits per heavy atom. The van der Waals surface area contributed by atoms with Gasteiger partial charge in [-0.1, -0.05) is 0 Å². The second kappa shape index (κ2) is 5.15. The predicted octanol–water partition coefficient (Wildman–Crippen LogP) is 3.72. The standard InChI is InChI=1S/C17H15FN4/c1-10-6-12(11(2)22(10)3)7-13(9-19)17-20-15-5-4-14(18)8-16(15)21-17/h4-8H,1-3H3,(H,20,21)/b13-7-. The van der Waals surface area contributed by atoms with Crippen molar-refractivity contribution in [1.82, 2.24) is 14.5 Å². The Bertz CT molecular complexity index is 938. The van der Waals surface area contributed by atoms with Gasteiger partial charge >= 0.3 is 0 Å². The van der Waals surface area contributed by atoms with Crippen LogP contribution in [0, 0.1) is 31.0 Å². The van der Waals surface area contributed by atoms with Gasteiger partial charge in [0, 0.05) is 18.4 Å². The number of H-pyrrole nitrogens is 1. The fourth-order valence-electron chi connectivity index (χ4n) is 2.45. The Labute approximate surface area is 127 Å². The lowest BCUT2D eigenvalue weighted by molar-refractivity contribution is 0.629. The highest BCUT2D eigenvalue weighted by Gasteiger charge is 2.11. The molecule has 0 fully saturated rings. The number of hydrogen-bond donors (Lipinski definition) is 1. The number of nitriles is 1. The molecular weight excluding hydrogens is 279 g/mol. The van der Waals surface area contributed by atoms with Crippen molar-refractivity contribution in [2.45, 2.75) is 13.8 Å². The summed E-state index contributed by atoms with van der Waals surface area (Å²) in [5, 5.41) is 9.43. The van der Waals surface area contributed by atoms with Gasteiger partial charge in [0.05, 0.1) is 16.6 Å². The minimum absolute atomic E-state index is 0.334. The molecule has 5 heteroatoms. The lowest BCUT2D eigenvalue weighted by atomic mass is 10.1. The summed E-state index contributed by atoms with van der Waals surface area (Å²) in [5.74, 6) is 0.115. The van der Waals surface area contributed by atoms with E-state index in [0.29, 0.717) is 22.4 Å². The third kappa shape index (κ3) is 2.29. The molecule has 0 bridgehead atoms. The molecule has 22 heavy (non-hydrogen) atoms. The van der Waals surface area contributed by atoms with Gasteiger partial charge in [-0.25, -0.2) is 9.37 Å². The summed E-state index contributed by atoms with van der Waals surface area (Å²) >= 11 is 0. The fourth-order valence-corrected chi connectivity index (χ4v) is 2.45. The largest absolute Gasteiger partial charge is 0.352 e. The smallest absolute Gasteiger partial charge is 0.149 e. The molecule has 110 valence electrons. The molecule has 4 nitrogen and oxygen atoms in total. The number of aryl methyl sites for hydroxylation is 1. The number of aromatic amines is 1. The maximum Gasteiger partial charge on any atom is 0.149 e. The number of halogens is 1. The molecule has 0 spiro atoms. The molecule has 3 aromatic rings. The first-order valence-corrected chi connectivity index (χ1v) is 6.90. The fraction of sp³-hybridized carbons (Fsp3) is 0.176. The molecule has 0 saturated carbocycles. The molecule has 1 N–H and O–H groups in total. The van der Waals surface area contributed by atoms with Crippen LogP contribution in [-0.2, 0) is 7.05 Å². The van der Waals surface area contributed by atoms with E-state index in [-0.39, 0.29) is 5.82 Å². The van der Waals surface area contributed by atoms with E-state index in [4.69, 9.17) is 0 Å². The predicted molar refractivity (Wildman–Crippen MR) is 84.4 cm³/mol. The highest BCUT2D eigenvalue weighted by Crippen LogP contribution is 2.22. The van der Waals surface area contributed by atoms with E-state index in [1.54, 1.807) is 12.1 Å². The molecule has 0 unspecified atom stereocenters. The topological polar surface area (TPSA) is 57.4 Å². The molecule has 0 saturated heterocycles. The zero-order valence-corrected chi connectivity index (χ0v) is 12.6. The number of nitrogens with zero attached hydrogens (tertiary/aromatic N) is 3. The van der Waals surface area contributed by atoms with E-state index in [1.165, 1.54) is 12.1 Å². The van der Waals surface area contributed by atoms with E-state index in [2.05, 4.69) is 20.6 Å². The molecule has 2 heterocycles. The van der Waals surface area contributed by atoms with Gasteiger partial charge in [-0.3, -0.25) is 0 Å². The summed E-state index contributed by atoms with van der Waals surface area (Å²) in [5.41, 5.74) is 4.81. The summed E-state index contributed by atoms with van der Waals surface area (Å²) < 4.78 is 15.3. The Kier molecular flexibility index (Phi) is 3.30. The van der Waals surface area contributed by atoms with Crippen molar-refractivity contribution < 1.29 is 4.39 Å². The summed E-state index contributed by atoms with van der Waals surface area (Å²) in [6.07, 6.45) is 1.80. The van der Waals surface area contributed by atoms with Crippen LogP contribution in [0.1, 0.15) is 22.8 Å². The van der Waals surface area contributed by atoms with Crippen molar-refractivity contribution in [1.29, 1.82) is 5.26 Å². The van der Waals surface area contributed by atoms with Crippen LogP contribution >= 0.6 is 0 Å². The molecule has 0 aliphatic carbocycles. The van der Waals surface area contributed by atoms with E-state index >= 15 is 0 Å². The Morgan fingerprint density at radius 3 is 2.77 bits per heavy atom.